The summed E-state index contributed by atoms with van der Waals surface area (Å²) in [6.07, 6.45) is 6.61. The molecule has 0 radical (unpaired) electrons. The molecule has 2 aliphatic rings. The number of carbonyl (C=O) groups excluding carboxylic acids is 1. The van der Waals surface area contributed by atoms with E-state index in [0.29, 0.717) is 18.6 Å². The van der Waals surface area contributed by atoms with Gasteiger partial charge in [-0.05, 0) is 30.0 Å². The largest absolute Gasteiger partial charge is 0.341 e. The van der Waals surface area contributed by atoms with Crippen LogP contribution in [0.25, 0.3) is 5.69 Å². The third-order valence-corrected chi connectivity index (χ3v) is 5.44. The van der Waals surface area contributed by atoms with Crippen molar-refractivity contribution < 1.29 is 4.79 Å². The number of fused-ring (bicyclic) bond motifs is 3. The summed E-state index contributed by atoms with van der Waals surface area (Å²) in [5, 5.41) is 11.5. The van der Waals surface area contributed by atoms with E-state index in [1.807, 2.05) is 36.5 Å². The van der Waals surface area contributed by atoms with Gasteiger partial charge < -0.3 is 9.88 Å². The van der Waals surface area contributed by atoms with E-state index in [-0.39, 0.29) is 11.9 Å². The highest BCUT2D eigenvalue weighted by Gasteiger charge is 2.27. The minimum atomic E-state index is -0.165. The van der Waals surface area contributed by atoms with Crippen LogP contribution in [-0.4, -0.2) is 26.9 Å². The quantitative estimate of drug-likeness (QED) is 0.750. The molecule has 3 heterocycles. The second-order valence-electron chi connectivity index (χ2n) is 7.40. The molecule has 1 aromatic heterocycles. The molecule has 1 atom stereocenters. The van der Waals surface area contributed by atoms with Gasteiger partial charge in [-0.3, -0.25) is 4.79 Å². The third-order valence-electron chi connectivity index (χ3n) is 5.44. The Bertz CT molecular complexity index is 1110. The number of aryl methyl sites for hydroxylation is 1. The Kier molecular flexibility index (Phi) is 4.52. The molecule has 144 valence electrons. The highest BCUT2D eigenvalue weighted by atomic mass is 16.2. The molecular weight excluding hydrogens is 362 g/mol. The van der Waals surface area contributed by atoms with Gasteiger partial charge in [-0.2, -0.15) is 5.10 Å². The van der Waals surface area contributed by atoms with Gasteiger partial charge in [0.05, 0.1) is 11.8 Å². The first kappa shape index (κ1) is 17.6. The van der Waals surface area contributed by atoms with Gasteiger partial charge in [0.15, 0.2) is 0 Å². The molecule has 6 heteroatoms. The van der Waals surface area contributed by atoms with Gasteiger partial charge in [-0.1, -0.05) is 48.5 Å². The highest BCUT2D eigenvalue weighted by molar-refractivity contribution is 6.43. The lowest BCUT2D eigenvalue weighted by atomic mass is 10.0. The molecule has 1 N–H and O–H groups in total. The maximum absolute atomic E-state index is 12.9. The SMILES string of the molecule is O=C(N[C@H]1CCc2ccccc2-n2ccnc21)C1=NN=C(Cc2ccccc2)C1. The van der Waals surface area contributed by atoms with Gasteiger partial charge in [0.25, 0.3) is 5.91 Å². The minimum Gasteiger partial charge on any atom is -0.341 e. The van der Waals surface area contributed by atoms with E-state index < -0.39 is 0 Å². The number of nitrogens with zero attached hydrogens (tertiary/aromatic N) is 4. The summed E-state index contributed by atoms with van der Waals surface area (Å²) in [6.45, 7) is 0. The minimum absolute atomic E-state index is 0.161. The fourth-order valence-corrected chi connectivity index (χ4v) is 3.99. The van der Waals surface area contributed by atoms with Crippen LogP contribution in [-0.2, 0) is 17.6 Å². The number of benzene rings is 2. The number of hydrogen-bond donors (Lipinski definition) is 1. The smallest absolute Gasteiger partial charge is 0.268 e. The number of rotatable bonds is 4. The topological polar surface area (TPSA) is 71.6 Å². The van der Waals surface area contributed by atoms with Crippen molar-refractivity contribution in [3.8, 4) is 5.69 Å². The molecule has 5 rings (SSSR count). The van der Waals surface area contributed by atoms with Crippen molar-refractivity contribution in [1.82, 2.24) is 14.9 Å². The lowest BCUT2D eigenvalue weighted by Crippen LogP contribution is -2.35. The van der Waals surface area contributed by atoms with Crippen LogP contribution < -0.4 is 5.32 Å². The Labute approximate surface area is 169 Å². The van der Waals surface area contributed by atoms with Crippen LogP contribution in [0.5, 0.6) is 0 Å². The van der Waals surface area contributed by atoms with Crippen LogP contribution in [0.3, 0.4) is 0 Å². The summed E-state index contributed by atoms with van der Waals surface area (Å²) in [5.74, 6) is 0.689. The Hall–Kier alpha value is -3.54. The van der Waals surface area contributed by atoms with Crippen LogP contribution >= 0.6 is 0 Å². The molecule has 2 aromatic carbocycles. The van der Waals surface area contributed by atoms with E-state index in [9.17, 15) is 4.79 Å². The van der Waals surface area contributed by atoms with Gasteiger partial charge in [0.2, 0.25) is 0 Å². The van der Waals surface area contributed by atoms with Crippen molar-refractivity contribution in [3.63, 3.8) is 0 Å². The lowest BCUT2D eigenvalue weighted by molar-refractivity contribution is -0.115. The van der Waals surface area contributed by atoms with Gasteiger partial charge in [0, 0.05) is 30.9 Å². The van der Waals surface area contributed by atoms with E-state index in [1.165, 1.54) is 11.1 Å². The van der Waals surface area contributed by atoms with Crippen molar-refractivity contribution in [1.29, 1.82) is 0 Å². The number of carbonyl (C=O) groups is 1. The summed E-state index contributed by atoms with van der Waals surface area (Å²) in [5.41, 5.74) is 4.94. The maximum Gasteiger partial charge on any atom is 0.268 e. The fraction of sp³-hybridized carbons (Fsp3) is 0.217. The second kappa shape index (κ2) is 7.47. The number of amides is 1. The van der Waals surface area contributed by atoms with E-state index in [1.54, 1.807) is 6.20 Å². The van der Waals surface area contributed by atoms with Crippen LogP contribution in [0.2, 0.25) is 0 Å². The molecule has 0 fully saturated rings. The lowest BCUT2D eigenvalue weighted by Gasteiger charge is -2.16. The van der Waals surface area contributed by atoms with Crippen molar-refractivity contribution in [2.45, 2.75) is 31.7 Å². The molecular formula is C23H21N5O. The molecule has 0 saturated heterocycles. The van der Waals surface area contributed by atoms with Crippen molar-refractivity contribution in [2.75, 3.05) is 0 Å². The zero-order chi connectivity index (χ0) is 19.6. The van der Waals surface area contributed by atoms with Crippen LogP contribution in [0.4, 0.5) is 0 Å². The fourth-order valence-electron chi connectivity index (χ4n) is 3.99. The van der Waals surface area contributed by atoms with E-state index in [0.717, 1.165) is 30.1 Å². The first-order valence-electron chi connectivity index (χ1n) is 9.86. The second-order valence-corrected chi connectivity index (χ2v) is 7.40. The number of aromatic nitrogens is 2. The highest BCUT2D eigenvalue weighted by Crippen LogP contribution is 2.28. The van der Waals surface area contributed by atoms with Crippen LogP contribution in [0.1, 0.15) is 35.8 Å². The molecule has 0 unspecified atom stereocenters. The average Bonchev–Trinajstić information content (AvgIpc) is 3.39. The number of imidazole rings is 1. The Morgan fingerprint density at radius 1 is 1.07 bits per heavy atom. The summed E-state index contributed by atoms with van der Waals surface area (Å²) < 4.78 is 2.07. The van der Waals surface area contributed by atoms with E-state index >= 15 is 0 Å². The predicted octanol–water partition coefficient (Wildman–Crippen LogP) is 3.42. The first-order valence-corrected chi connectivity index (χ1v) is 9.86. The summed E-state index contributed by atoms with van der Waals surface area (Å²) in [4.78, 5) is 17.4. The molecule has 0 aliphatic carbocycles. The van der Waals surface area contributed by atoms with Gasteiger partial charge >= 0.3 is 0 Å². The van der Waals surface area contributed by atoms with Gasteiger partial charge in [-0.15, -0.1) is 5.10 Å². The molecule has 0 saturated carbocycles. The molecule has 2 aliphatic heterocycles. The molecule has 6 nitrogen and oxygen atoms in total. The number of para-hydroxylation sites is 1. The van der Waals surface area contributed by atoms with Crippen molar-refractivity contribution in [2.24, 2.45) is 10.2 Å². The molecule has 0 bridgehead atoms. The van der Waals surface area contributed by atoms with Crippen molar-refractivity contribution >= 4 is 17.3 Å². The maximum atomic E-state index is 12.9. The third kappa shape index (κ3) is 3.49. The summed E-state index contributed by atoms with van der Waals surface area (Å²) in [6, 6.07) is 18.3. The Morgan fingerprint density at radius 3 is 2.79 bits per heavy atom. The van der Waals surface area contributed by atoms with Crippen LogP contribution in [0, 0.1) is 0 Å². The van der Waals surface area contributed by atoms with E-state index in [4.69, 9.17) is 0 Å². The molecule has 29 heavy (non-hydrogen) atoms. The number of nitrogens with one attached hydrogen (secondary N) is 1. The Morgan fingerprint density at radius 2 is 1.90 bits per heavy atom. The van der Waals surface area contributed by atoms with Gasteiger partial charge in [0.1, 0.15) is 11.5 Å². The normalized spacial score (nSPS) is 17.6. The summed E-state index contributed by atoms with van der Waals surface area (Å²) in [7, 11) is 0. The molecule has 3 aromatic rings. The summed E-state index contributed by atoms with van der Waals surface area (Å²) >= 11 is 0. The Balaban J connectivity index is 1.28. The monoisotopic (exact) mass is 383 g/mol. The molecule has 0 spiro atoms. The van der Waals surface area contributed by atoms with E-state index in [2.05, 4.69) is 49.3 Å². The first-order chi connectivity index (χ1) is 14.3. The van der Waals surface area contributed by atoms with Gasteiger partial charge in [-0.25, -0.2) is 4.98 Å². The van der Waals surface area contributed by atoms with Crippen LogP contribution in [0.15, 0.2) is 77.2 Å². The standard InChI is InChI=1S/C23H21N5O/c29-23(20-15-18(26-27-20)14-16-6-2-1-3-7-16)25-19-11-10-17-8-4-5-9-21(17)28-13-12-24-22(19)28/h1-9,12-13,19H,10-11,14-15H2,(H,25,29)/t19-/m0/s1. The zero-order valence-corrected chi connectivity index (χ0v) is 16.0. The molecule has 1 amide bonds. The van der Waals surface area contributed by atoms with Crippen molar-refractivity contribution in [3.05, 3.63) is 83.9 Å². The number of hydrogen-bond acceptors (Lipinski definition) is 4. The predicted molar refractivity (Wildman–Crippen MR) is 112 cm³/mol. The average molecular weight is 383 g/mol. The zero-order valence-electron chi connectivity index (χ0n) is 16.0.